The van der Waals surface area contributed by atoms with Crippen LogP contribution >= 0.6 is 15.9 Å². The van der Waals surface area contributed by atoms with Gasteiger partial charge in [0, 0.05) is 16.6 Å². The van der Waals surface area contributed by atoms with Gasteiger partial charge in [-0.2, -0.15) is 0 Å². The maximum absolute atomic E-state index is 12.7. The fourth-order valence-corrected chi connectivity index (χ4v) is 3.30. The highest BCUT2D eigenvalue weighted by Gasteiger charge is 2.32. The van der Waals surface area contributed by atoms with Crippen LogP contribution in [0.15, 0.2) is 70.3 Å². The highest BCUT2D eigenvalue weighted by atomic mass is 79.9. The molecule has 0 aliphatic carbocycles. The van der Waals surface area contributed by atoms with Crippen molar-refractivity contribution in [2.45, 2.75) is 19.4 Å². The van der Waals surface area contributed by atoms with Crippen LogP contribution in [0, 0.1) is 0 Å². The molecule has 1 heterocycles. The molecule has 1 aliphatic rings. The number of rotatable bonds is 5. The summed E-state index contributed by atoms with van der Waals surface area (Å²) in [5, 5.41) is 5.45. The topological polar surface area (TPSA) is 67.4 Å². The van der Waals surface area contributed by atoms with Crippen molar-refractivity contribution < 1.29 is 14.3 Å². The smallest absolute Gasteiger partial charge is 0.338 e. The summed E-state index contributed by atoms with van der Waals surface area (Å²) in [6, 6.07) is 16.4. The fraction of sp³-hybridized carbons (Fsp3) is 0.200. The summed E-state index contributed by atoms with van der Waals surface area (Å²) < 4.78 is 6.35. The predicted octanol–water partition coefficient (Wildman–Crippen LogP) is 3.86. The zero-order valence-electron chi connectivity index (χ0n) is 14.3. The second kappa shape index (κ2) is 8.19. The number of urea groups is 1. The van der Waals surface area contributed by atoms with Crippen molar-refractivity contribution in [1.29, 1.82) is 0 Å². The van der Waals surface area contributed by atoms with Crippen LogP contribution in [-0.2, 0) is 16.0 Å². The van der Waals surface area contributed by atoms with Crippen LogP contribution in [0.2, 0.25) is 0 Å². The van der Waals surface area contributed by atoms with Crippen LogP contribution < -0.4 is 10.6 Å². The average Bonchev–Trinajstić information content (AvgIpc) is 2.62. The summed E-state index contributed by atoms with van der Waals surface area (Å²) in [7, 11) is 0. The number of nitrogens with one attached hydrogen (secondary N) is 2. The van der Waals surface area contributed by atoms with Crippen molar-refractivity contribution in [3.63, 3.8) is 0 Å². The molecule has 1 atom stereocenters. The number of hydrogen-bond donors (Lipinski definition) is 2. The van der Waals surface area contributed by atoms with Crippen LogP contribution in [-0.4, -0.2) is 18.6 Å². The zero-order chi connectivity index (χ0) is 18.5. The van der Waals surface area contributed by atoms with E-state index in [1.807, 2.05) is 54.6 Å². The minimum atomic E-state index is -0.550. The molecule has 0 unspecified atom stereocenters. The first kappa shape index (κ1) is 18.2. The van der Waals surface area contributed by atoms with E-state index >= 15 is 0 Å². The molecule has 0 bridgehead atoms. The molecule has 6 heteroatoms. The largest absolute Gasteiger partial charge is 0.462 e. The first-order valence-corrected chi connectivity index (χ1v) is 9.08. The van der Waals surface area contributed by atoms with E-state index < -0.39 is 12.0 Å². The molecule has 2 N–H and O–H groups in total. The standard InChI is InChI=1S/C20H19BrN2O3/c1-13-17(19(24)26-11-10-14-6-3-2-4-7-14)18(23-20(25)22-13)15-8-5-9-16(21)12-15/h2-9,12,18H,10-11H2,1H3,(H2,22,23,25)/t18-/m1/s1. The SMILES string of the molecule is CC1=C(C(=O)OCCc2ccccc2)[C@@H](c2cccc(Br)c2)NC(=O)N1. The van der Waals surface area contributed by atoms with Crippen molar-refractivity contribution >= 4 is 27.9 Å². The zero-order valence-corrected chi connectivity index (χ0v) is 15.9. The number of amides is 2. The van der Waals surface area contributed by atoms with Crippen molar-refractivity contribution in [3.8, 4) is 0 Å². The summed E-state index contributed by atoms with van der Waals surface area (Å²) in [5.41, 5.74) is 2.83. The molecule has 2 amide bonds. The van der Waals surface area contributed by atoms with Crippen LogP contribution in [0.4, 0.5) is 4.79 Å². The van der Waals surface area contributed by atoms with Crippen LogP contribution in [0.1, 0.15) is 24.1 Å². The van der Waals surface area contributed by atoms with Crippen molar-refractivity contribution in [3.05, 3.63) is 81.5 Å². The Kier molecular flexibility index (Phi) is 5.73. The summed E-state index contributed by atoms with van der Waals surface area (Å²) in [6.45, 7) is 1.98. The van der Waals surface area contributed by atoms with Crippen LogP contribution in [0.3, 0.4) is 0 Å². The number of hydrogen-bond acceptors (Lipinski definition) is 3. The van der Waals surface area contributed by atoms with Crippen molar-refractivity contribution in [1.82, 2.24) is 10.6 Å². The van der Waals surface area contributed by atoms with Gasteiger partial charge in [-0.25, -0.2) is 9.59 Å². The van der Waals surface area contributed by atoms with Crippen molar-refractivity contribution in [2.75, 3.05) is 6.61 Å². The fourth-order valence-electron chi connectivity index (χ4n) is 2.88. The van der Waals surface area contributed by atoms with E-state index in [1.54, 1.807) is 6.92 Å². The summed E-state index contributed by atoms with van der Waals surface area (Å²) in [5.74, 6) is -0.434. The number of carbonyl (C=O) groups is 2. The number of carbonyl (C=O) groups excluding carboxylic acids is 2. The molecule has 5 nitrogen and oxygen atoms in total. The lowest BCUT2D eigenvalue weighted by Gasteiger charge is -2.28. The van der Waals surface area contributed by atoms with E-state index in [4.69, 9.17) is 4.74 Å². The molecule has 0 fully saturated rings. The van der Waals surface area contributed by atoms with Gasteiger partial charge in [0.25, 0.3) is 0 Å². The van der Waals surface area contributed by atoms with Gasteiger partial charge >= 0.3 is 12.0 Å². The Morgan fingerprint density at radius 1 is 1.15 bits per heavy atom. The van der Waals surface area contributed by atoms with E-state index in [0.717, 1.165) is 15.6 Å². The monoisotopic (exact) mass is 414 g/mol. The average molecular weight is 415 g/mol. The molecule has 1 aliphatic heterocycles. The van der Waals surface area contributed by atoms with E-state index in [-0.39, 0.29) is 12.6 Å². The Morgan fingerprint density at radius 2 is 1.92 bits per heavy atom. The Balaban J connectivity index is 1.76. The Morgan fingerprint density at radius 3 is 2.65 bits per heavy atom. The Hall–Kier alpha value is -2.60. The lowest BCUT2D eigenvalue weighted by Crippen LogP contribution is -2.45. The molecule has 2 aromatic rings. The molecular formula is C20H19BrN2O3. The molecule has 3 rings (SSSR count). The molecule has 26 heavy (non-hydrogen) atoms. The van der Waals surface area contributed by atoms with Gasteiger partial charge in [-0.3, -0.25) is 0 Å². The highest BCUT2D eigenvalue weighted by Crippen LogP contribution is 2.29. The molecule has 0 saturated heterocycles. The maximum atomic E-state index is 12.7. The van der Waals surface area contributed by atoms with Crippen molar-refractivity contribution in [2.24, 2.45) is 0 Å². The molecule has 134 valence electrons. The van der Waals surface area contributed by atoms with E-state index in [0.29, 0.717) is 17.7 Å². The summed E-state index contributed by atoms with van der Waals surface area (Å²) in [6.07, 6.45) is 0.639. The van der Waals surface area contributed by atoms with E-state index in [1.165, 1.54) is 0 Å². The minimum absolute atomic E-state index is 0.277. The lowest BCUT2D eigenvalue weighted by atomic mass is 9.96. The van der Waals surface area contributed by atoms with E-state index in [9.17, 15) is 9.59 Å². The number of benzene rings is 2. The first-order chi connectivity index (χ1) is 12.5. The number of esters is 1. The molecular weight excluding hydrogens is 396 g/mol. The molecule has 0 saturated carbocycles. The van der Waals surface area contributed by atoms with Gasteiger partial charge in [0.2, 0.25) is 0 Å². The predicted molar refractivity (Wildman–Crippen MR) is 102 cm³/mol. The second-order valence-electron chi connectivity index (χ2n) is 6.00. The normalized spacial score (nSPS) is 16.7. The van der Waals surface area contributed by atoms with Crippen LogP contribution in [0.5, 0.6) is 0 Å². The number of ether oxygens (including phenoxy) is 1. The summed E-state index contributed by atoms with van der Waals surface area (Å²) in [4.78, 5) is 24.6. The van der Waals surface area contributed by atoms with Gasteiger partial charge in [0.05, 0.1) is 18.2 Å². The first-order valence-electron chi connectivity index (χ1n) is 8.29. The summed E-state index contributed by atoms with van der Waals surface area (Å²) >= 11 is 3.42. The minimum Gasteiger partial charge on any atom is -0.462 e. The Bertz CT molecular complexity index is 849. The van der Waals surface area contributed by atoms with Gasteiger partial charge in [-0.1, -0.05) is 58.4 Å². The van der Waals surface area contributed by atoms with Gasteiger partial charge < -0.3 is 15.4 Å². The maximum Gasteiger partial charge on any atom is 0.338 e. The highest BCUT2D eigenvalue weighted by molar-refractivity contribution is 9.10. The molecule has 2 aromatic carbocycles. The van der Waals surface area contributed by atoms with Gasteiger partial charge in [-0.05, 0) is 30.2 Å². The molecule has 0 spiro atoms. The van der Waals surface area contributed by atoms with Crippen LogP contribution in [0.25, 0.3) is 0 Å². The molecule has 0 radical (unpaired) electrons. The third-order valence-electron chi connectivity index (χ3n) is 4.14. The number of halogens is 1. The third kappa shape index (κ3) is 4.32. The second-order valence-corrected chi connectivity index (χ2v) is 6.91. The van der Waals surface area contributed by atoms with Gasteiger partial charge in [0.1, 0.15) is 0 Å². The lowest BCUT2D eigenvalue weighted by molar-refractivity contribution is -0.139. The van der Waals surface area contributed by atoms with E-state index in [2.05, 4.69) is 26.6 Å². The quantitative estimate of drug-likeness (QED) is 0.729. The Labute approximate surface area is 160 Å². The van der Waals surface area contributed by atoms with Gasteiger partial charge in [0.15, 0.2) is 0 Å². The third-order valence-corrected chi connectivity index (χ3v) is 4.63. The number of allylic oxidation sites excluding steroid dienone is 1. The van der Waals surface area contributed by atoms with Gasteiger partial charge in [-0.15, -0.1) is 0 Å². The molecule has 0 aromatic heterocycles.